The van der Waals surface area contributed by atoms with Crippen molar-refractivity contribution in [3.8, 4) is 0 Å². The van der Waals surface area contributed by atoms with Gasteiger partial charge in [-0.2, -0.15) is 0 Å². The zero-order valence-electron chi connectivity index (χ0n) is 10.8. The van der Waals surface area contributed by atoms with E-state index in [2.05, 4.69) is 14.9 Å². The minimum Gasteiger partial charge on any atom is -0.352 e. The summed E-state index contributed by atoms with van der Waals surface area (Å²) in [5, 5.41) is 3.19. The fourth-order valence-electron chi connectivity index (χ4n) is 3.25. The molecule has 98 valence electrons. The molecule has 3 rings (SSSR count). The third-order valence-corrected chi connectivity index (χ3v) is 4.25. The van der Waals surface area contributed by atoms with E-state index in [1.54, 1.807) is 0 Å². The number of nitrogens with zero attached hydrogens (tertiary/aromatic N) is 2. The normalized spacial score (nSPS) is 23.9. The number of aryl methyl sites for hydroxylation is 1. The fourth-order valence-corrected chi connectivity index (χ4v) is 3.25. The van der Waals surface area contributed by atoms with Gasteiger partial charge in [0.05, 0.1) is 0 Å². The average molecular weight is 247 g/mol. The van der Waals surface area contributed by atoms with Gasteiger partial charge in [0.25, 0.3) is 0 Å². The lowest BCUT2D eigenvalue weighted by Gasteiger charge is -2.25. The quantitative estimate of drug-likeness (QED) is 0.886. The van der Waals surface area contributed by atoms with Crippen LogP contribution >= 0.6 is 0 Å². The highest BCUT2D eigenvalue weighted by Crippen LogP contribution is 2.27. The van der Waals surface area contributed by atoms with E-state index in [9.17, 15) is 4.79 Å². The molecule has 0 unspecified atom stereocenters. The predicted octanol–water partition coefficient (Wildman–Crippen LogP) is 1.89. The molecule has 1 aromatic heterocycles. The molecule has 4 heteroatoms. The molecule has 1 aliphatic heterocycles. The second-order valence-corrected chi connectivity index (χ2v) is 5.65. The van der Waals surface area contributed by atoms with E-state index in [1.165, 1.54) is 25.7 Å². The molecule has 1 amide bonds. The summed E-state index contributed by atoms with van der Waals surface area (Å²) < 4.78 is 2.16. The Bertz CT molecular complexity index is 420. The molecule has 1 aromatic rings. The summed E-state index contributed by atoms with van der Waals surface area (Å²) in [4.78, 5) is 16.3. The van der Waals surface area contributed by atoms with E-state index in [1.807, 2.05) is 12.4 Å². The molecule has 2 heterocycles. The van der Waals surface area contributed by atoms with Crippen LogP contribution in [0.2, 0.25) is 0 Å². The van der Waals surface area contributed by atoms with Gasteiger partial charge in [0.15, 0.2) is 0 Å². The maximum absolute atomic E-state index is 12.0. The first-order chi connectivity index (χ1) is 8.81. The zero-order chi connectivity index (χ0) is 12.4. The summed E-state index contributed by atoms with van der Waals surface area (Å²) in [5.74, 6) is 2.03. The molecule has 0 spiro atoms. The summed E-state index contributed by atoms with van der Waals surface area (Å²) in [7, 11) is 0. The maximum Gasteiger partial charge on any atom is 0.220 e. The van der Waals surface area contributed by atoms with Crippen LogP contribution in [0.3, 0.4) is 0 Å². The zero-order valence-corrected chi connectivity index (χ0v) is 10.8. The molecule has 2 aliphatic rings. The summed E-state index contributed by atoms with van der Waals surface area (Å²) in [6.45, 7) is 0.881. The highest BCUT2D eigenvalue weighted by molar-refractivity contribution is 5.76. The monoisotopic (exact) mass is 247 g/mol. The number of nitrogens with one attached hydrogen (secondary N) is 1. The Morgan fingerprint density at radius 2 is 2.22 bits per heavy atom. The standard InChI is InChI=1S/C14H21N3O/c18-14(9-11-3-1-2-4-11)16-12-5-6-13-15-7-8-17(13)10-12/h7-8,11-12H,1-6,9-10H2,(H,16,18)/t12-/m0/s1. The van der Waals surface area contributed by atoms with Crippen molar-refractivity contribution in [1.82, 2.24) is 14.9 Å². The summed E-state index contributed by atoms with van der Waals surface area (Å²) in [6, 6.07) is 0.292. The van der Waals surface area contributed by atoms with Crippen LogP contribution < -0.4 is 5.32 Å². The molecule has 1 aliphatic carbocycles. The Kier molecular flexibility index (Phi) is 3.35. The first kappa shape index (κ1) is 11.8. The van der Waals surface area contributed by atoms with E-state index in [0.29, 0.717) is 12.0 Å². The lowest BCUT2D eigenvalue weighted by atomic mass is 10.0. The minimum absolute atomic E-state index is 0.246. The molecular weight excluding hydrogens is 226 g/mol. The van der Waals surface area contributed by atoms with Gasteiger partial charge in [-0.05, 0) is 25.2 Å². The van der Waals surface area contributed by atoms with Gasteiger partial charge in [-0.15, -0.1) is 0 Å². The van der Waals surface area contributed by atoms with Gasteiger partial charge < -0.3 is 9.88 Å². The van der Waals surface area contributed by atoms with Gasteiger partial charge in [0.1, 0.15) is 5.82 Å². The van der Waals surface area contributed by atoms with Crippen LogP contribution in [0, 0.1) is 5.92 Å². The highest BCUT2D eigenvalue weighted by Gasteiger charge is 2.23. The molecular formula is C14H21N3O. The number of hydrogen-bond acceptors (Lipinski definition) is 2. The lowest BCUT2D eigenvalue weighted by Crippen LogP contribution is -2.41. The van der Waals surface area contributed by atoms with Crippen molar-refractivity contribution >= 4 is 5.91 Å². The van der Waals surface area contributed by atoms with Crippen molar-refractivity contribution in [2.45, 2.75) is 57.5 Å². The van der Waals surface area contributed by atoms with Crippen LogP contribution in [0.4, 0.5) is 0 Å². The molecule has 1 N–H and O–H groups in total. The van der Waals surface area contributed by atoms with Gasteiger partial charge in [0.2, 0.25) is 5.91 Å². The Balaban J connectivity index is 1.50. The molecule has 1 saturated carbocycles. The fraction of sp³-hybridized carbons (Fsp3) is 0.714. The molecule has 4 nitrogen and oxygen atoms in total. The second kappa shape index (κ2) is 5.12. The van der Waals surface area contributed by atoms with Crippen LogP contribution in [0.5, 0.6) is 0 Å². The SMILES string of the molecule is O=C(CC1CCCC1)N[C@H]1CCc2nccn2C1. The predicted molar refractivity (Wildman–Crippen MR) is 69.1 cm³/mol. The summed E-state index contributed by atoms with van der Waals surface area (Å²) >= 11 is 0. The lowest BCUT2D eigenvalue weighted by molar-refractivity contribution is -0.122. The summed E-state index contributed by atoms with van der Waals surface area (Å²) in [6.07, 6.45) is 11.7. The van der Waals surface area contributed by atoms with Gasteiger partial charge >= 0.3 is 0 Å². The summed E-state index contributed by atoms with van der Waals surface area (Å²) in [5.41, 5.74) is 0. The number of carbonyl (C=O) groups excluding carboxylic acids is 1. The van der Waals surface area contributed by atoms with Gasteiger partial charge in [0, 0.05) is 37.8 Å². The van der Waals surface area contributed by atoms with E-state index in [0.717, 1.165) is 31.6 Å². The van der Waals surface area contributed by atoms with Gasteiger partial charge in [-0.3, -0.25) is 4.79 Å². The number of imidazole rings is 1. The minimum atomic E-state index is 0.246. The number of aromatic nitrogens is 2. The van der Waals surface area contributed by atoms with Crippen molar-refractivity contribution in [1.29, 1.82) is 0 Å². The van der Waals surface area contributed by atoms with Crippen molar-refractivity contribution < 1.29 is 4.79 Å². The van der Waals surface area contributed by atoms with Crippen LogP contribution in [0.15, 0.2) is 12.4 Å². The number of rotatable bonds is 3. The Labute approximate surface area is 108 Å². The molecule has 0 saturated heterocycles. The Hall–Kier alpha value is -1.32. The molecule has 0 radical (unpaired) electrons. The maximum atomic E-state index is 12.0. The molecule has 1 atom stereocenters. The number of hydrogen-bond donors (Lipinski definition) is 1. The number of fused-ring (bicyclic) bond motifs is 1. The smallest absolute Gasteiger partial charge is 0.220 e. The second-order valence-electron chi connectivity index (χ2n) is 5.65. The van der Waals surface area contributed by atoms with Gasteiger partial charge in [-0.25, -0.2) is 4.98 Å². The highest BCUT2D eigenvalue weighted by atomic mass is 16.1. The van der Waals surface area contributed by atoms with Crippen LogP contribution in [0.25, 0.3) is 0 Å². The van der Waals surface area contributed by atoms with Crippen molar-refractivity contribution in [2.75, 3.05) is 0 Å². The first-order valence-corrected chi connectivity index (χ1v) is 7.10. The van der Waals surface area contributed by atoms with E-state index in [4.69, 9.17) is 0 Å². The van der Waals surface area contributed by atoms with E-state index >= 15 is 0 Å². The molecule has 0 bridgehead atoms. The van der Waals surface area contributed by atoms with Crippen LogP contribution in [0.1, 0.15) is 44.3 Å². The van der Waals surface area contributed by atoms with Crippen LogP contribution in [-0.2, 0) is 17.8 Å². The van der Waals surface area contributed by atoms with Gasteiger partial charge in [-0.1, -0.05) is 12.8 Å². The van der Waals surface area contributed by atoms with Crippen LogP contribution in [-0.4, -0.2) is 21.5 Å². The van der Waals surface area contributed by atoms with E-state index in [-0.39, 0.29) is 5.91 Å². The molecule has 18 heavy (non-hydrogen) atoms. The first-order valence-electron chi connectivity index (χ1n) is 7.10. The van der Waals surface area contributed by atoms with E-state index < -0.39 is 0 Å². The van der Waals surface area contributed by atoms with Crippen molar-refractivity contribution in [2.24, 2.45) is 5.92 Å². The number of amides is 1. The molecule has 1 fully saturated rings. The Morgan fingerprint density at radius 1 is 1.39 bits per heavy atom. The largest absolute Gasteiger partial charge is 0.352 e. The third kappa shape index (κ3) is 2.57. The third-order valence-electron chi connectivity index (χ3n) is 4.25. The van der Waals surface area contributed by atoms with Crippen molar-refractivity contribution in [3.05, 3.63) is 18.2 Å². The molecule has 0 aromatic carbocycles. The number of carbonyl (C=O) groups is 1. The van der Waals surface area contributed by atoms with Crippen molar-refractivity contribution in [3.63, 3.8) is 0 Å². The Morgan fingerprint density at radius 3 is 3.06 bits per heavy atom. The average Bonchev–Trinajstić information content (AvgIpc) is 2.98. The topological polar surface area (TPSA) is 46.9 Å².